The molecule has 5 nitrogen and oxygen atoms in total. The average Bonchev–Trinajstić information content (AvgIpc) is 2.15. The molecule has 0 saturated heterocycles. The Balaban J connectivity index is 2.40. The van der Waals surface area contributed by atoms with E-state index in [2.05, 4.69) is 41.2 Å². The number of aromatic nitrogens is 2. The SMILES string of the molecule is CC(CCN(C)C)Nc1cc(N)ncn1. The number of nitrogens with one attached hydrogen (secondary N) is 1. The summed E-state index contributed by atoms with van der Waals surface area (Å²) in [6, 6.07) is 2.12. The molecule has 5 heteroatoms. The Morgan fingerprint density at radius 1 is 1.47 bits per heavy atom. The lowest BCUT2D eigenvalue weighted by Gasteiger charge is -2.17. The Morgan fingerprint density at radius 2 is 2.20 bits per heavy atom. The number of nitrogens with zero attached hydrogens (tertiary/aromatic N) is 3. The van der Waals surface area contributed by atoms with Gasteiger partial charge in [-0.1, -0.05) is 0 Å². The van der Waals surface area contributed by atoms with Gasteiger partial charge in [-0.25, -0.2) is 9.97 Å². The van der Waals surface area contributed by atoms with Crippen molar-refractivity contribution in [2.24, 2.45) is 0 Å². The Bertz CT molecular complexity index is 300. The van der Waals surface area contributed by atoms with Crippen molar-refractivity contribution in [1.82, 2.24) is 14.9 Å². The van der Waals surface area contributed by atoms with Crippen molar-refractivity contribution in [3.05, 3.63) is 12.4 Å². The highest BCUT2D eigenvalue weighted by Gasteiger charge is 2.03. The lowest BCUT2D eigenvalue weighted by Crippen LogP contribution is -2.23. The minimum Gasteiger partial charge on any atom is -0.384 e. The quantitative estimate of drug-likeness (QED) is 0.751. The Kier molecular flexibility index (Phi) is 4.30. The number of rotatable bonds is 5. The molecule has 0 bridgehead atoms. The fourth-order valence-corrected chi connectivity index (χ4v) is 1.23. The maximum absolute atomic E-state index is 5.56. The molecule has 0 radical (unpaired) electrons. The molecule has 0 fully saturated rings. The van der Waals surface area contributed by atoms with Crippen LogP contribution in [0.3, 0.4) is 0 Å². The summed E-state index contributed by atoms with van der Waals surface area (Å²) in [5.41, 5.74) is 5.56. The lowest BCUT2D eigenvalue weighted by atomic mass is 10.2. The van der Waals surface area contributed by atoms with Gasteiger partial charge in [-0.2, -0.15) is 0 Å². The third kappa shape index (κ3) is 4.60. The van der Waals surface area contributed by atoms with Crippen LogP contribution in [0.25, 0.3) is 0 Å². The molecule has 0 spiro atoms. The molecule has 15 heavy (non-hydrogen) atoms. The number of nitrogen functional groups attached to an aromatic ring is 1. The van der Waals surface area contributed by atoms with Crippen LogP contribution in [-0.2, 0) is 0 Å². The molecular weight excluding hydrogens is 190 g/mol. The van der Waals surface area contributed by atoms with Crippen LogP contribution < -0.4 is 11.1 Å². The van der Waals surface area contributed by atoms with E-state index in [0.29, 0.717) is 11.9 Å². The van der Waals surface area contributed by atoms with E-state index < -0.39 is 0 Å². The Labute approximate surface area is 90.7 Å². The summed E-state index contributed by atoms with van der Waals surface area (Å²) in [4.78, 5) is 10.1. The predicted molar refractivity (Wildman–Crippen MR) is 62.7 cm³/mol. The molecule has 1 rings (SSSR count). The van der Waals surface area contributed by atoms with E-state index in [1.165, 1.54) is 6.33 Å². The highest BCUT2D eigenvalue weighted by molar-refractivity contribution is 5.43. The third-order valence-corrected chi connectivity index (χ3v) is 2.09. The molecule has 0 aliphatic rings. The van der Waals surface area contributed by atoms with Crippen LogP contribution in [-0.4, -0.2) is 41.5 Å². The molecule has 3 N–H and O–H groups in total. The summed E-state index contributed by atoms with van der Waals surface area (Å²) in [6.45, 7) is 3.18. The number of anilines is 2. The van der Waals surface area contributed by atoms with Gasteiger partial charge < -0.3 is 16.0 Å². The van der Waals surface area contributed by atoms with Crippen molar-refractivity contribution < 1.29 is 0 Å². The highest BCUT2D eigenvalue weighted by Crippen LogP contribution is 2.07. The summed E-state index contributed by atoms with van der Waals surface area (Å²) in [5.74, 6) is 1.28. The minimum absolute atomic E-state index is 0.377. The summed E-state index contributed by atoms with van der Waals surface area (Å²) < 4.78 is 0. The van der Waals surface area contributed by atoms with Crippen molar-refractivity contribution in [1.29, 1.82) is 0 Å². The van der Waals surface area contributed by atoms with Crippen LogP contribution in [0.15, 0.2) is 12.4 Å². The van der Waals surface area contributed by atoms with Gasteiger partial charge in [-0.3, -0.25) is 0 Å². The standard InChI is InChI=1S/C10H19N5/c1-8(4-5-15(2)3)14-10-6-9(11)12-7-13-10/h6-8H,4-5H2,1-3H3,(H3,11,12,13,14). The van der Waals surface area contributed by atoms with Crippen LogP contribution in [0, 0.1) is 0 Å². The van der Waals surface area contributed by atoms with Crippen molar-refractivity contribution in [3.63, 3.8) is 0 Å². The predicted octanol–water partition coefficient (Wildman–Crippen LogP) is 0.811. The smallest absolute Gasteiger partial charge is 0.131 e. The van der Waals surface area contributed by atoms with Crippen molar-refractivity contribution in [2.75, 3.05) is 31.7 Å². The second-order valence-electron chi connectivity index (χ2n) is 3.97. The average molecular weight is 209 g/mol. The fraction of sp³-hybridized carbons (Fsp3) is 0.600. The Hall–Kier alpha value is -1.36. The van der Waals surface area contributed by atoms with E-state index in [9.17, 15) is 0 Å². The summed E-state index contributed by atoms with van der Waals surface area (Å²) >= 11 is 0. The normalized spacial score (nSPS) is 12.8. The van der Waals surface area contributed by atoms with Gasteiger partial charge in [0.05, 0.1) is 0 Å². The van der Waals surface area contributed by atoms with E-state index in [1.807, 2.05) is 0 Å². The molecule has 0 aromatic carbocycles. The first kappa shape index (κ1) is 11.7. The third-order valence-electron chi connectivity index (χ3n) is 2.09. The number of hydrogen-bond acceptors (Lipinski definition) is 5. The molecule has 1 aromatic rings. The maximum atomic E-state index is 5.56. The van der Waals surface area contributed by atoms with Crippen LogP contribution in [0.2, 0.25) is 0 Å². The van der Waals surface area contributed by atoms with Crippen molar-refractivity contribution in [3.8, 4) is 0 Å². The monoisotopic (exact) mass is 209 g/mol. The van der Waals surface area contributed by atoms with Crippen LogP contribution in [0.5, 0.6) is 0 Å². The molecule has 0 saturated carbocycles. The molecule has 84 valence electrons. The van der Waals surface area contributed by atoms with Gasteiger partial charge in [0.15, 0.2) is 0 Å². The summed E-state index contributed by atoms with van der Waals surface area (Å²) in [7, 11) is 4.13. The van der Waals surface area contributed by atoms with Crippen molar-refractivity contribution >= 4 is 11.6 Å². The second kappa shape index (κ2) is 5.50. The highest BCUT2D eigenvalue weighted by atomic mass is 15.1. The topological polar surface area (TPSA) is 67.1 Å². The molecule has 1 unspecified atom stereocenters. The van der Waals surface area contributed by atoms with Crippen molar-refractivity contribution in [2.45, 2.75) is 19.4 Å². The van der Waals surface area contributed by atoms with E-state index >= 15 is 0 Å². The first-order valence-corrected chi connectivity index (χ1v) is 5.06. The fourth-order valence-electron chi connectivity index (χ4n) is 1.23. The summed E-state index contributed by atoms with van der Waals surface area (Å²) in [6.07, 6.45) is 2.53. The number of hydrogen-bond donors (Lipinski definition) is 2. The summed E-state index contributed by atoms with van der Waals surface area (Å²) in [5, 5.41) is 3.28. The zero-order valence-electron chi connectivity index (χ0n) is 9.57. The molecule has 0 aliphatic heterocycles. The molecule has 0 aliphatic carbocycles. The van der Waals surface area contributed by atoms with E-state index in [-0.39, 0.29) is 0 Å². The van der Waals surface area contributed by atoms with Gasteiger partial charge in [-0.15, -0.1) is 0 Å². The Morgan fingerprint density at radius 3 is 2.80 bits per heavy atom. The van der Waals surface area contributed by atoms with E-state index in [1.54, 1.807) is 6.07 Å². The lowest BCUT2D eigenvalue weighted by molar-refractivity contribution is 0.390. The second-order valence-corrected chi connectivity index (χ2v) is 3.97. The van der Waals surface area contributed by atoms with Gasteiger partial charge in [0.2, 0.25) is 0 Å². The molecule has 1 heterocycles. The number of nitrogens with two attached hydrogens (primary N) is 1. The van der Waals surface area contributed by atoms with Crippen LogP contribution in [0.1, 0.15) is 13.3 Å². The first-order valence-electron chi connectivity index (χ1n) is 5.06. The van der Waals surface area contributed by atoms with E-state index in [0.717, 1.165) is 18.8 Å². The molecule has 0 amide bonds. The maximum Gasteiger partial charge on any atom is 0.131 e. The zero-order chi connectivity index (χ0) is 11.3. The van der Waals surface area contributed by atoms with Gasteiger partial charge in [0, 0.05) is 12.1 Å². The molecule has 1 atom stereocenters. The van der Waals surface area contributed by atoms with E-state index in [4.69, 9.17) is 5.73 Å². The van der Waals surface area contributed by atoms with Gasteiger partial charge >= 0.3 is 0 Å². The zero-order valence-corrected chi connectivity index (χ0v) is 9.57. The molecular formula is C10H19N5. The molecule has 1 aromatic heterocycles. The first-order chi connectivity index (χ1) is 7.08. The van der Waals surface area contributed by atoms with Gasteiger partial charge in [-0.05, 0) is 34.0 Å². The minimum atomic E-state index is 0.377. The van der Waals surface area contributed by atoms with Gasteiger partial charge in [0.25, 0.3) is 0 Å². The van der Waals surface area contributed by atoms with Crippen LogP contribution in [0.4, 0.5) is 11.6 Å². The largest absolute Gasteiger partial charge is 0.384 e. The van der Waals surface area contributed by atoms with Gasteiger partial charge in [0.1, 0.15) is 18.0 Å². The van der Waals surface area contributed by atoms with Crippen LogP contribution >= 0.6 is 0 Å².